The number of fused-ring (bicyclic) bond motifs is 15. The summed E-state index contributed by atoms with van der Waals surface area (Å²) < 4.78 is 2.29. The van der Waals surface area contributed by atoms with E-state index in [1.165, 1.54) is 77.2 Å². The molecule has 1 aromatic heterocycles. The quantitative estimate of drug-likeness (QED) is 0.181. The number of rotatable bonds is 3. The van der Waals surface area contributed by atoms with Gasteiger partial charge in [-0.1, -0.05) is 158 Å². The number of aromatic nitrogens is 2. The summed E-state index contributed by atoms with van der Waals surface area (Å²) >= 11 is 0. The van der Waals surface area contributed by atoms with Crippen molar-refractivity contribution in [3.05, 3.63) is 216 Å². The largest absolute Gasteiger partial charge is 0.292 e. The second-order valence-corrected chi connectivity index (χ2v) is 14.6. The molecular formula is C52H32N2. The number of benzene rings is 9. The predicted octanol–water partition coefficient (Wildman–Crippen LogP) is 13.0. The molecule has 0 atom stereocenters. The lowest BCUT2D eigenvalue weighted by Crippen LogP contribution is -2.26. The predicted molar refractivity (Wildman–Crippen MR) is 223 cm³/mol. The summed E-state index contributed by atoms with van der Waals surface area (Å²) in [6, 6.07) is 71.4. The molecule has 0 fully saturated rings. The Morgan fingerprint density at radius 1 is 0.389 bits per heavy atom. The van der Waals surface area contributed by atoms with Gasteiger partial charge in [-0.3, -0.25) is 4.57 Å². The number of hydrogen-bond donors (Lipinski definition) is 0. The first kappa shape index (κ1) is 29.5. The molecule has 1 heterocycles. The third-order valence-electron chi connectivity index (χ3n) is 12.0. The van der Waals surface area contributed by atoms with Crippen molar-refractivity contribution in [1.82, 2.24) is 9.55 Å². The van der Waals surface area contributed by atoms with Crippen LogP contribution in [0.15, 0.2) is 194 Å². The highest BCUT2D eigenvalue weighted by Crippen LogP contribution is 2.65. The highest BCUT2D eigenvalue weighted by atomic mass is 15.1. The monoisotopic (exact) mass is 684 g/mol. The van der Waals surface area contributed by atoms with E-state index in [0.29, 0.717) is 0 Å². The van der Waals surface area contributed by atoms with Gasteiger partial charge in [-0.05, 0) is 114 Å². The minimum absolute atomic E-state index is 0.459. The van der Waals surface area contributed by atoms with Crippen LogP contribution in [0, 0.1) is 0 Å². The Morgan fingerprint density at radius 2 is 1.02 bits per heavy atom. The first-order chi connectivity index (χ1) is 26.8. The van der Waals surface area contributed by atoms with Crippen LogP contribution in [0.1, 0.15) is 22.3 Å². The Kier molecular flexibility index (Phi) is 6.01. The van der Waals surface area contributed by atoms with Gasteiger partial charge in [0.15, 0.2) is 0 Å². The topological polar surface area (TPSA) is 17.8 Å². The first-order valence-corrected chi connectivity index (χ1v) is 18.7. The van der Waals surface area contributed by atoms with Gasteiger partial charge < -0.3 is 0 Å². The fourth-order valence-electron chi connectivity index (χ4n) is 9.88. The fraction of sp³-hybridized carbons (Fsp3) is 0.0192. The molecule has 0 bridgehead atoms. The van der Waals surface area contributed by atoms with Gasteiger partial charge in [-0.15, -0.1) is 0 Å². The summed E-state index contributed by atoms with van der Waals surface area (Å²) in [4.78, 5) is 5.24. The zero-order valence-electron chi connectivity index (χ0n) is 29.4. The zero-order valence-corrected chi connectivity index (χ0v) is 29.4. The van der Waals surface area contributed by atoms with E-state index in [4.69, 9.17) is 4.98 Å². The molecular weight excluding hydrogens is 653 g/mol. The van der Waals surface area contributed by atoms with Gasteiger partial charge in [0.05, 0.1) is 16.4 Å². The molecule has 0 unspecified atom stereocenters. The van der Waals surface area contributed by atoms with Crippen molar-refractivity contribution in [2.24, 2.45) is 0 Å². The molecule has 2 nitrogen and oxygen atoms in total. The number of imidazole rings is 1. The van der Waals surface area contributed by atoms with Gasteiger partial charge in [0.1, 0.15) is 5.82 Å². The normalized spacial score (nSPS) is 13.3. The highest BCUT2D eigenvalue weighted by molar-refractivity contribution is 6.16. The summed E-state index contributed by atoms with van der Waals surface area (Å²) in [5.74, 6) is 0.934. The minimum Gasteiger partial charge on any atom is -0.292 e. The van der Waals surface area contributed by atoms with E-state index in [9.17, 15) is 0 Å². The smallest absolute Gasteiger partial charge is 0.145 e. The van der Waals surface area contributed by atoms with Gasteiger partial charge in [0.25, 0.3) is 0 Å². The molecule has 0 aliphatic heterocycles. The van der Waals surface area contributed by atoms with Gasteiger partial charge in [0, 0.05) is 11.3 Å². The fourth-order valence-corrected chi connectivity index (χ4v) is 9.88. The van der Waals surface area contributed by atoms with Gasteiger partial charge in [0.2, 0.25) is 0 Å². The summed E-state index contributed by atoms with van der Waals surface area (Å²) in [5, 5.41) is 5.10. The molecule has 0 amide bonds. The lowest BCUT2D eigenvalue weighted by Gasteiger charge is -2.31. The molecule has 250 valence electrons. The Bertz CT molecular complexity index is 3120. The molecule has 9 aromatic carbocycles. The van der Waals surface area contributed by atoms with Crippen molar-refractivity contribution < 1.29 is 0 Å². The van der Waals surface area contributed by atoms with Crippen LogP contribution >= 0.6 is 0 Å². The van der Waals surface area contributed by atoms with Crippen LogP contribution in [0.4, 0.5) is 0 Å². The van der Waals surface area contributed by atoms with Crippen LogP contribution in [0.2, 0.25) is 0 Å². The van der Waals surface area contributed by atoms with Crippen LogP contribution in [-0.4, -0.2) is 9.55 Å². The van der Waals surface area contributed by atoms with Crippen molar-refractivity contribution in [3.8, 4) is 50.5 Å². The van der Waals surface area contributed by atoms with Crippen LogP contribution in [-0.2, 0) is 5.41 Å². The second kappa shape index (κ2) is 11.0. The summed E-state index contributed by atoms with van der Waals surface area (Å²) in [6.45, 7) is 0. The molecule has 2 heteroatoms. The maximum atomic E-state index is 5.24. The van der Waals surface area contributed by atoms with Crippen molar-refractivity contribution in [3.63, 3.8) is 0 Å². The third kappa shape index (κ3) is 3.81. The molecule has 0 saturated carbocycles. The molecule has 0 N–H and O–H groups in total. The molecule has 0 saturated heterocycles. The molecule has 1 spiro atoms. The maximum absolute atomic E-state index is 5.24. The van der Waals surface area contributed by atoms with Gasteiger partial charge >= 0.3 is 0 Å². The van der Waals surface area contributed by atoms with E-state index in [2.05, 4.69) is 199 Å². The zero-order chi connectivity index (χ0) is 35.4. The Hall–Kier alpha value is -7.03. The van der Waals surface area contributed by atoms with Crippen LogP contribution in [0.5, 0.6) is 0 Å². The van der Waals surface area contributed by atoms with Crippen molar-refractivity contribution in [1.29, 1.82) is 0 Å². The van der Waals surface area contributed by atoms with E-state index in [1.807, 2.05) is 0 Å². The summed E-state index contributed by atoms with van der Waals surface area (Å²) in [6.07, 6.45) is 0. The second-order valence-electron chi connectivity index (χ2n) is 14.6. The van der Waals surface area contributed by atoms with Crippen LogP contribution in [0.3, 0.4) is 0 Å². The molecule has 2 aliphatic carbocycles. The summed E-state index contributed by atoms with van der Waals surface area (Å²) in [5.41, 5.74) is 16.9. The molecule has 10 aromatic rings. The summed E-state index contributed by atoms with van der Waals surface area (Å²) in [7, 11) is 0. The van der Waals surface area contributed by atoms with E-state index in [0.717, 1.165) is 28.1 Å². The molecule has 12 rings (SSSR count). The number of nitrogens with zero attached hydrogens (tertiary/aromatic N) is 2. The molecule has 0 radical (unpaired) electrons. The van der Waals surface area contributed by atoms with Gasteiger partial charge in [-0.2, -0.15) is 0 Å². The molecule has 2 aliphatic rings. The van der Waals surface area contributed by atoms with Crippen LogP contribution in [0.25, 0.3) is 83.0 Å². The average molecular weight is 685 g/mol. The maximum Gasteiger partial charge on any atom is 0.145 e. The first-order valence-electron chi connectivity index (χ1n) is 18.7. The highest BCUT2D eigenvalue weighted by Gasteiger charge is 2.52. The minimum atomic E-state index is -0.459. The van der Waals surface area contributed by atoms with E-state index in [-0.39, 0.29) is 0 Å². The Balaban J connectivity index is 1.18. The van der Waals surface area contributed by atoms with Crippen LogP contribution < -0.4 is 0 Å². The van der Waals surface area contributed by atoms with E-state index in [1.54, 1.807) is 0 Å². The Labute approximate surface area is 313 Å². The van der Waals surface area contributed by atoms with Crippen molar-refractivity contribution in [2.75, 3.05) is 0 Å². The standard InChI is InChI=1S/C52H32N2/c1-2-18-36(19-3-1)54-48-28-13-12-27-47(48)53-51(54)35-17-14-16-34(31-35)42-32-46-50(41-24-7-6-21-38(41)42)49-37-20-5-4-15-33(37)29-30-45(49)52(46)43-25-10-8-22-39(43)40-23-9-11-26-44(40)52/h1-32H. The number of para-hydroxylation sites is 3. The van der Waals surface area contributed by atoms with Crippen molar-refractivity contribution in [2.45, 2.75) is 5.41 Å². The Morgan fingerprint density at radius 3 is 1.83 bits per heavy atom. The number of hydrogen-bond acceptors (Lipinski definition) is 1. The average Bonchev–Trinajstić information content (AvgIpc) is 3.88. The lowest BCUT2D eigenvalue weighted by atomic mass is 9.70. The lowest BCUT2D eigenvalue weighted by molar-refractivity contribution is 0.795. The van der Waals surface area contributed by atoms with Gasteiger partial charge in [-0.25, -0.2) is 4.98 Å². The van der Waals surface area contributed by atoms with E-state index >= 15 is 0 Å². The SMILES string of the molecule is c1ccc(-n2c(-c3cccc(-c4cc5c(c6ccccc46)-c4c(ccc6ccccc46)C54c5ccccc5-c5ccccc54)c3)nc3ccccc32)cc1. The third-order valence-corrected chi connectivity index (χ3v) is 12.0. The van der Waals surface area contributed by atoms with Crippen molar-refractivity contribution >= 4 is 32.6 Å². The van der Waals surface area contributed by atoms with E-state index < -0.39 is 5.41 Å². The molecule has 54 heavy (non-hydrogen) atoms.